The summed E-state index contributed by atoms with van der Waals surface area (Å²) < 4.78 is 0. The van der Waals surface area contributed by atoms with Gasteiger partial charge in [-0.25, -0.2) is 4.98 Å². The molecule has 1 amide bonds. The van der Waals surface area contributed by atoms with Gasteiger partial charge >= 0.3 is 5.97 Å². The largest absolute Gasteiger partial charge is 0.480 e. The lowest BCUT2D eigenvalue weighted by atomic mass is 9.98. The van der Waals surface area contributed by atoms with Crippen molar-refractivity contribution in [1.29, 1.82) is 0 Å². The summed E-state index contributed by atoms with van der Waals surface area (Å²) >= 11 is 0. The fourth-order valence-corrected chi connectivity index (χ4v) is 2.49. The minimum absolute atomic E-state index is 0.0504. The maximum atomic E-state index is 12.3. The molecule has 1 aromatic heterocycles. The SMILES string of the molecule is CCc1nc(C(=O)N2CCCC(CNCC(=O)O)C2)n[nH]1. The summed E-state index contributed by atoms with van der Waals surface area (Å²) in [5, 5.41) is 18.2. The number of H-pyrrole nitrogens is 1. The number of carbonyl (C=O) groups excluding carboxylic acids is 1. The predicted molar refractivity (Wildman–Crippen MR) is 74.9 cm³/mol. The Morgan fingerprint density at radius 3 is 3.00 bits per heavy atom. The molecule has 8 nitrogen and oxygen atoms in total. The molecule has 0 spiro atoms. The molecule has 1 saturated heterocycles. The zero-order valence-corrected chi connectivity index (χ0v) is 12.1. The van der Waals surface area contributed by atoms with E-state index in [9.17, 15) is 9.59 Å². The predicted octanol–water partition coefficient (Wildman–Crippen LogP) is -0.106. The first-order chi connectivity index (χ1) is 10.1. The van der Waals surface area contributed by atoms with Gasteiger partial charge in [0.15, 0.2) is 0 Å². The first kappa shape index (κ1) is 15.4. The van der Waals surface area contributed by atoms with Crippen molar-refractivity contribution < 1.29 is 14.7 Å². The van der Waals surface area contributed by atoms with Crippen molar-refractivity contribution in [2.24, 2.45) is 5.92 Å². The molecule has 1 fully saturated rings. The molecule has 116 valence electrons. The van der Waals surface area contributed by atoms with Crippen LogP contribution in [0, 0.1) is 5.92 Å². The Balaban J connectivity index is 1.87. The molecular weight excluding hydrogens is 274 g/mol. The van der Waals surface area contributed by atoms with Crippen LogP contribution in [-0.4, -0.2) is 63.2 Å². The van der Waals surface area contributed by atoms with Gasteiger partial charge in [-0.05, 0) is 18.8 Å². The zero-order valence-electron chi connectivity index (χ0n) is 12.1. The number of aryl methyl sites for hydroxylation is 1. The molecule has 3 N–H and O–H groups in total. The Hall–Kier alpha value is -1.96. The molecular formula is C13H21N5O3. The molecule has 0 bridgehead atoms. The number of carboxylic acids is 1. The number of piperidine rings is 1. The number of aromatic amines is 1. The van der Waals surface area contributed by atoms with Crippen molar-refractivity contribution >= 4 is 11.9 Å². The normalized spacial score (nSPS) is 18.7. The van der Waals surface area contributed by atoms with Crippen LogP contribution in [0.3, 0.4) is 0 Å². The number of aromatic nitrogens is 3. The summed E-state index contributed by atoms with van der Waals surface area (Å²) in [7, 11) is 0. The summed E-state index contributed by atoms with van der Waals surface area (Å²) in [6.45, 7) is 3.81. The Labute approximate surface area is 122 Å². The van der Waals surface area contributed by atoms with E-state index < -0.39 is 5.97 Å². The Bertz CT molecular complexity index is 502. The third kappa shape index (κ3) is 4.25. The van der Waals surface area contributed by atoms with Crippen LogP contribution in [0.2, 0.25) is 0 Å². The first-order valence-corrected chi connectivity index (χ1v) is 7.23. The second kappa shape index (κ2) is 7.16. The number of carbonyl (C=O) groups is 2. The number of likely N-dealkylation sites (tertiary alicyclic amines) is 1. The summed E-state index contributed by atoms with van der Waals surface area (Å²) in [6, 6.07) is 0. The van der Waals surface area contributed by atoms with Crippen LogP contribution in [0.1, 0.15) is 36.2 Å². The summed E-state index contributed by atoms with van der Waals surface area (Å²) in [6.07, 6.45) is 2.61. The van der Waals surface area contributed by atoms with Crippen molar-refractivity contribution in [3.8, 4) is 0 Å². The highest BCUT2D eigenvalue weighted by Gasteiger charge is 2.26. The number of carboxylic acid groups (broad SMARTS) is 1. The van der Waals surface area contributed by atoms with E-state index in [0.717, 1.165) is 12.8 Å². The van der Waals surface area contributed by atoms with Gasteiger partial charge in [0, 0.05) is 26.1 Å². The molecule has 8 heteroatoms. The molecule has 1 aliphatic rings. The average Bonchev–Trinajstić information content (AvgIpc) is 2.95. The monoisotopic (exact) mass is 295 g/mol. The minimum Gasteiger partial charge on any atom is -0.480 e. The molecule has 0 radical (unpaired) electrons. The lowest BCUT2D eigenvalue weighted by molar-refractivity contribution is -0.136. The van der Waals surface area contributed by atoms with Crippen LogP contribution in [-0.2, 0) is 11.2 Å². The highest BCUT2D eigenvalue weighted by atomic mass is 16.4. The standard InChI is InChI=1S/C13H21N5O3/c1-2-10-15-12(17-16-10)13(21)18-5-3-4-9(8-18)6-14-7-11(19)20/h9,14H,2-8H2,1H3,(H,19,20)(H,15,16,17). The molecule has 1 aliphatic heterocycles. The summed E-state index contributed by atoms with van der Waals surface area (Å²) in [4.78, 5) is 28.7. The molecule has 2 heterocycles. The van der Waals surface area contributed by atoms with E-state index in [1.165, 1.54) is 0 Å². The minimum atomic E-state index is -0.869. The summed E-state index contributed by atoms with van der Waals surface area (Å²) in [5.74, 6) is 0.160. The van der Waals surface area contributed by atoms with Gasteiger partial charge in [-0.1, -0.05) is 6.92 Å². The number of hydrogen-bond acceptors (Lipinski definition) is 5. The van der Waals surface area contributed by atoms with Crippen LogP contribution < -0.4 is 5.32 Å². The number of nitrogens with one attached hydrogen (secondary N) is 2. The number of aliphatic carboxylic acids is 1. The van der Waals surface area contributed by atoms with Crippen molar-refractivity contribution in [2.75, 3.05) is 26.2 Å². The van der Waals surface area contributed by atoms with Crippen LogP contribution in [0.5, 0.6) is 0 Å². The van der Waals surface area contributed by atoms with Gasteiger partial charge in [-0.3, -0.25) is 14.7 Å². The molecule has 0 saturated carbocycles. The summed E-state index contributed by atoms with van der Waals surface area (Å²) in [5.41, 5.74) is 0. The Morgan fingerprint density at radius 1 is 1.52 bits per heavy atom. The topological polar surface area (TPSA) is 111 Å². The quantitative estimate of drug-likeness (QED) is 0.675. The molecule has 21 heavy (non-hydrogen) atoms. The van der Waals surface area contributed by atoms with Gasteiger partial charge < -0.3 is 15.3 Å². The third-order valence-corrected chi connectivity index (χ3v) is 3.57. The van der Waals surface area contributed by atoms with Gasteiger partial charge in [0.25, 0.3) is 5.91 Å². The number of nitrogens with zero attached hydrogens (tertiary/aromatic N) is 3. The van der Waals surface area contributed by atoms with Crippen LogP contribution >= 0.6 is 0 Å². The lowest BCUT2D eigenvalue weighted by Crippen LogP contribution is -2.43. The molecule has 1 atom stereocenters. The smallest absolute Gasteiger partial charge is 0.317 e. The van der Waals surface area contributed by atoms with Crippen LogP contribution in [0.15, 0.2) is 0 Å². The van der Waals surface area contributed by atoms with E-state index in [4.69, 9.17) is 5.11 Å². The maximum absolute atomic E-state index is 12.3. The van der Waals surface area contributed by atoms with Gasteiger partial charge in [0.1, 0.15) is 5.82 Å². The second-order valence-corrected chi connectivity index (χ2v) is 5.24. The molecule has 1 aromatic rings. The van der Waals surface area contributed by atoms with E-state index in [2.05, 4.69) is 20.5 Å². The van der Waals surface area contributed by atoms with Gasteiger partial charge in [0.05, 0.1) is 6.54 Å². The number of rotatable bonds is 6. The highest BCUT2D eigenvalue weighted by molar-refractivity contribution is 5.90. The van der Waals surface area contributed by atoms with E-state index in [1.54, 1.807) is 4.90 Å². The van der Waals surface area contributed by atoms with E-state index in [0.29, 0.717) is 31.9 Å². The fraction of sp³-hybridized carbons (Fsp3) is 0.692. The second-order valence-electron chi connectivity index (χ2n) is 5.24. The number of hydrogen-bond donors (Lipinski definition) is 3. The lowest BCUT2D eigenvalue weighted by Gasteiger charge is -2.32. The molecule has 2 rings (SSSR count). The average molecular weight is 295 g/mol. The Morgan fingerprint density at radius 2 is 2.33 bits per heavy atom. The van der Waals surface area contributed by atoms with Crippen molar-refractivity contribution in [2.45, 2.75) is 26.2 Å². The van der Waals surface area contributed by atoms with Crippen LogP contribution in [0.25, 0.3) is 0 Å². The Kier molecular flexibility index (Phi) is 5.26. The number of amides is 1. The molecule has 0 aromatic carbocycles. The van der Waals surface area contributed by atoms with Gasteiger partial charge in [0.2, 0.25) is 5.82 Å². The van der Waals surface area contributed by atoms with E-state index in [-0.39, 0.29) is 24.2 Å². The van der Waals surface area contributed by atoms with E-state index in [1.807, 2.05) is 6.92 Å². The maximum Gasteiger partial charge on any atom is 0.317 e. The van der Waals surface area contributed by atoms with Crippen LogP contribution in [0.4, 0.5) is 0 Å². The van der Waals surface area contributed by atoms with Crippen molar-refractivity contribution in [1.82, 2.24) is 25.4 Å². The first-order valence-electron chi connectivity index (χ1n) is 7.23. The zero-order chi connectivity index (χ0) is 15.2. The van der Waals surface area contributed by atoms with Crippen molar-refractivity contribution in [3.63, 3.8) is 0 Å². The molecule has 1 unspecified atom stereocenters. The van der Waals surface area contributed by atoms with Crippen molar-refractivity contribution in [3.05, 3.63) is 11.6 Å². The van der Waals surface area contributed by atoms with Gasteiger partial charge in [-0.15, -0.1) is 5.10 Å². The van der Waals surface area contributed by atoms with E-state index >= 15 is 0 Å². The van der Waals surface area contributed by atoms with Gasteiger partial charge in [-0.2, -0.15) is 0 Å². The third-order valence-electron chi connectivity index (χ3n) is 3.57. The fourth-order valence-electron chi connectivity index (χ4n) is 2.49. The molecule has 0 aliphatic carbocycles. The highest BCUT2D eigenvalue weighted by Crippen LogP contribution is 2.17.